The molecule has 0 aliphatic carbocycles. The Labute approximate surface area is 206 Å². The van der Waals surface area contributed by atoms with Crippen molar-refractivity contribution in [2.24, 2.45) is 0 Å². The fourth-order valence-electron chi connectivity index (χ4n) is 4.34. The van der Waals surface area contributed by atoms with Crippen molar-refractivity contribution < 1.29 is 18.7 Å². The molecule has 0 spiro atoms. The van der Waals surface area contributed by atoms with Gasteiger partial charge in [-0.15, -0.1) is 0 Å². The first-order chi connectivity index (χ1) is 16.9. The summed E-state index contributed by atoms with van der Waals surface area (Å²) in [7, 11) is 0. The third-order valence-electron chi connectivity index (χ3n) is 6.05. The minimum Gasteiger partial charge on any atom is -0.491 e. The van der Waals surface area contributed by atoms with Crippen LogP contribution < -0.4 is 4.74 Å². The molecule has 1 saturated heterocycles. The first kappa shape index (κ1) is 22.9. The van der Waals surface area contributed by atoms with Gasteiger partial charge in [-0.05, 0) is 66.9 Å². The maximum absolute atomic E-state index is 14.4. The topological polar surface area (TPSA) is 51.5 Å². The fraction of sp³-hybridized carbons (Fsp3) is 0.143. The number of para-hydroxylation sites is 1. The Balaban J connectivity index is 1.32. The van der Waals surface area contributed by atoms with Crippen molar-refractivity contribution in [2.45, 2.75) is 13.8 Å². The number of carbonyl (C=O) groups excluding carboxylic acids is 2. The Bertz CT molecular complexity index is 1490. The largest absolute Gasteiger partial charge is 0.491 e. The van der Waals surface area contributed by atoms with Crippen LogP contribution in [-0.4, -0.2) is 33.8 Å². The number of hydrogen-bond donors (Lipinski definition) is 0. The Morgan fingerprint density at radius 3 is 2.54 bits per heavy atom. The highest BCUT2D eigenvalue weighted by molar-refractivity contribution is 8.18. The lowest BCUT2D eigenvalue weighted by Crippen LogP contribution is -2.32. The highest BCUT2D eigenvalue weighted by atomic mass is 32.2. The minimum absolute atomic E-state index is 0.152. The van der Waals surface area contributed by atoms with Crippen LogP contribution in [0.2, 0.25) is 0 Å². The van der Waals surface area contributed by atoms with Gasteiger partial charge in [-0.1, -0.05) is 48.5 Å². The van der Waals surface area contributed by atoms with Gasteiger partial charge in [-0.25, -0.2) is 4.39 Å². The van der Waals surface area contributed by atoms with Crippen molar-refractivity contribution in [1.29, 1.82) is 0 Å². The van der Waals surface area contributed by atoms with E-state index in [0.29, 0.717) is 16.3 Å². The lowest BCUT2D eigenvalue weighted by atomic mass is 10.1. The van der Waals surface area contributed by atoms with Crippen molar-refractivity contribution in [3.63, 3.8) is 0 Å². The normalized spacial score (nSPS) is 14.9. The summed E-state index contributed by atoms with van der Waals surface area (Å²) in [6, 6.07) is 22.1. The molecule has 0 bridgehead atoms. The SMILES string of the molecule is Cc1cc(/C=C2\SC(=O)N(CCOc3cccc4ccccc34)C2=O)c(C)n1-c1ccccc1F. The minimum atomic E-state index is -0.350. The number of aryl methyl sites for hydroxylation is 1. The third kappa shape index (κ3) is 4.35. The van der Waals surface area contributed by atoms with Gasteiger partial charge in [0.15, 0.2) is 0 Å². The van der Waals surface area contributed by atoms with E-state index >= 15 is 0 Å². The maximum Gasteiger partial charge on any atom is 0.293 e. The van der Waals surface area contributed by atoms with E-state index < -0.39 is 0 Å². The summed E-state index contributed by atoms with van der Waals surface area (Å²) in [4.78, 5) is 27.1. The summed E-state index contributed by atoms with van der Waals surface area (Å²) in [6.07, 6.45) is 1.70. The zero-order valence-electron chi connectivity index (χ0n) is 19.3. The van der Waals surface area contributed by atoms with Gasteiger partial charge in [0.1, 0.15) is 18.2 Å². The summed E-state index contributed by atoms with van der Waals surface area (Å²) < 4.78 is 22.1. The number of benzene rings is 3. The van der Waals surface area contributed by atoms with Gasteiger partial charge in [-0.3, -0.25) is 14.5 Å². The lowest BCUT2D eigenvalue weighted by Gasteiger charge is -2.14. The molecule has 5 nitrogen and oxygen atoms in total. The van der Waals surface area contributed by atoms with Crippen molar-refractivity contribution in [2.75, 3.05) is 13.2 Å². The molecular weight excluding hydrogens is 463 g/mol. The molecule has 1 fully saturated rings. The molecule has 7 heteroatoms. The number of carbonyl (C=O) groups is 2. The predicted octanol–water partition coefficient (Wildman–Crippen LogP) is 6.50. The molecule has 0 atom stereocenters. The molecule has 1 aliphatic rings. The van der Waals surface area contributed by atoms with Crippen LogP contribution in [0.5, 0.6) is 5.75 Å². The summed E-state index contributed by atoms with van der Waals surface area (Å²) in [5.41, 5.74) is 2.84. The summed E-state index contributed by atoms with van der Waals surface area (Å²) >= 11 is 0.908. The molecule has 4 aromatic rings. The molecule has 0 N–H and O–H groups in total. The van der Waals surface area contributed by atoms with E-state index in [-0.39, 0.29) is 30.1 Å². The molecule has 2 amide bonds. The van der Waals surface area contributed by atoms with Crippen LogP contribution in [0, 0.1) is 19.7 Å². The van der Waals surface area contributed by atoms with E-state index in [2.05, 4.69) is 0 Å². The summed E-state index contributed by atoms with van der Waals surface area (Å²) in [6.45, 7) is 4.10. The van der Waals surface area contributed by atoms with Crippen LogP contribution in [0.3, 0.4) is 0 Å². The number of imide groups is 1. The van der Waals surface area contributed by atoms with Gasteiger partial charge in [0.05, 0.1) is 17.1 Å². The van der Waals surface area contributed by atoms with Crippen molar-refractivity contribution in [3.05, 3.63) is 100 Å². The second kappa shape index (κ2) is 9.43. The van der Waals surface area contributed by atoms with Gasteiger partial charge in [0, 0.05) is 16.8 Å². The van der Waals surface area contributed by atoms with Crippen molar-refractivity contribution >= 4 is 39.8 Å². The molecule has 0 unspecified atom stereocenters. The standard InChI is InChI=1S/C28H23FN2O3S/c1-18-16-21(19(2)31(18)24-12-6-5-11-23(24)29)17-26-27(32)30(28(33)35-26)14-15-34-25-13-7-9-20-8-3-4-10-22(20)25/h3-13,16-17H,14-15H2,1-2H3/b26-17-. The molecule has 2 heterocycles. The smallest absolute Gasteiger partial charge is 0.293 e. The number of rotatable bonds is 6. The van der Waals surface area contributed by atoms with Crippen LogP contribution in [0.1, 0.15) is 17.0 Å². The summed E-state index contributed by atoms with van der Waals surface area (Å²) in [5.74, 6) is 0.0378. The molecule has 5 rings (SSSR count). The van der Waals surface area contributed by atoms with E-state index in [1.807, 2.05) is 66.9 Å². The summed E-state index contributed by atoms with van der Waals surface area (Å²) in [5, 5.41) is 1.71. The third-order valence-corrected chi connectivity index (χ3v) is 6.95. The van der Waals surface area contributed by atoms with E-state index in [4.69, 9.17) is 4.74 Å². The second-order valence-electron chi connectivity index (χ2n) is 8.27. The first-order valence-corrected chi connectivity index (χ1v) is 12.1. The number of thioether (sulfide) groups is 1. The van der Waals surface area contributed by atoms with Gasteiger partial charge >= 0.3 is 0 Å². The van der Waals surface area contributed by atoms with Crippen molar-refractivity contribution in [1.82, 2.24) is 9.47 Å². The molecule has 0 radical (unpaired) electrons. The van der Waals surface area contributed by atoms with Crippen LogP contribution in [0.15, 0.2) is 77.7 Å². The molecule has 1 aliphatic heterocycles. The highest BCUT2D eigenvalue weighted by Crippen LogP contribution is 2.34. The number of fused-ring (bicyclic) bond motifs is 1. The Kier molecular flexibility index (Phi) is 6.17. The molecule has 176 valence electrons. The predicted molar refractivity (Wildman–Crippen MR) is 137 cm³/mol. The molecule has 0 saturated carbocycles. The van der Waals surface area contributed by atoms with Gasteiger partial charge < -0.3 is 9.30 Å². The van der Waals surface area contributed by atoms with Gasteiger partial charge in [-0.2, -0.15) is 0 Å². The highest BCUT2D eigenvalue weighted by Gasteiger charge is 2.35. The molecular formula is C28H23FN2O3S. The Morgan fingerprint density at radius 1 is 0.971 bits per heavy atom. The zero-order chi connectivity index (χ0) is 24.5. The average molecular weight is 487 g/mol. The van der Waals surface area contributed by atoms with Crippen LogP contribution in [-0.2, 0) is 4.79 Å². The molecule has 1 aromatic heterocycles. The van der Waals surface area contributed by atoms with Crippen LogP contribution >= 0.6 is 11.8 Å². The maximum atomic E-state index is 14.4. The van der Waals surface area contributed by atoms with E-state index in [0.717, 1.165) is 39.5 Å². The van der Waals surface area contributed by atoms with Crippen LogP contribution in [0.4, 0.5) is 9.18 Å². The number of amides is 2. The van der Waals surface area contributed by atoms with Gasteiger partial charge in [0.25, 0.3) is 11.1 Å². The average Bonchev–Trinajstić information content (AvgIpc) is 3.28. The zero-order valence-corrected chi connectivity index (χ0v) is 20.1. The number of hydrogen-bond acceptors (Lipinski definition) is 4. The molecule has 35 heavy (non-hydrogen) atoms. The number of ether oxygens (including phenoxy) is 1. The quantitative estimate of drug-likeness (QED) is 0.292. The number of aromatic nitrogens is 1. The number of halogens is 1. The van der Waals surface area contributed by atoms with Crippen LogP contribution in [0.25, 0.3) is 22.5 Å². The fourth-order valence-corrected chi connectivity index (χ4v) is 5.20. The second-order valence-corrected chi connectivity index (χ2v) is 9.27. The Morgan fingerprint density at radius 2 is 1.71 bits per heavy atom. The number of nitrogens with zero attached hydrogens (tertiary/aromatic N) is 2. The van der Waals surface area contributed by atoms with E-state index in [9.17, 15) is 14.0 Å². The van der Waals surface area contributed by atoms with E-state index in [1.165, 1.54) is 11.0 Å². The first-order valence-electron chi connectivity index (χ1n) is 11.2. The Hall–Kier alpha value is -3.84. The van der Waals surface area contributed by atoms with Crippen molar-refractivity contribution in [3.8, 4) is 11.4 Å². The molecule has 3 aromatic carbocycles. The lowest BCUT2D eigenvalue weighted by molar-refractivity contribution is -0.123. The van der Waals surface area contributed by atoms with E-state index in [1.54, 1.807) is 24.3 Å². The monoisotopic (exact) mass is 486 g/mol. The van der Waals surface area contributed by atoms with Gasteiger partial charge in [0.2, 0.25) is 0 Å².